The molecular formula is C29H28O8. The number of carbonyl (C=O) groups is 3. The summed E-state index contributed by atoms with van der Waals surface area (Å²) in [5.41, 5.74) is -3.68. The van der Waals surface area contributed by atoms with Gasteiger partial charge in [-0.25, -0.2) is 0 Å². The van der Waals surface area contributed by atoms with Crippen LogP contribution in [0.25, 0.3) is 11.1 Å². The average molecular weight is 505 g/mol. The zero-order valence-electron chi connectivity index (χ0n) is 21.0. The van der Waals surface area contributed by atoms with Crippen LogP contribution in [0, 0.1) is 10.8 Å². The number of aliphatic hydroxyl groups excluding tert-OH is 2. The lowest BCUT2D eigenvalue weighted by Gasteiger charge is -2.56. The van der Waals surface area contributed by atoms with Crippen molar-refractivity contribution in [3.8, 4) is 22.6 Å². The van der Waals surface area contributed by atoms with Crippen LogP contribution in [0.5, 0.6) is 11.5 Å². The first-order valence-corrected chi connectivity index (χ1v) is 12.0. The van der Waals surface area contributed by atoms with E-state index in [1.807, 2.05) is 12.1 Å². The topological polar surface area (TPSA) is 141 Å². The third-order valence-electron chi connectivity index (χ3n) is 8.30. The van der Waals surface area contributed by atoms with Gasteiger partial charge in [0.15, 0.2) is 17.2 Å². The number of fused-ring (bicyclic) bond motifs is 3. The zero-order valence-corrected chi connectivity index (χ0v) is 21.0. The smallest absolute Gasteiger partial charge is 0.209 e. The van der Waals surface area contributed by atoms with Crippen molar-refractivity contribution in [2.45, 2.75) is 45.6 Å². The number of allylic oxidation sites excluding steroid dienone is 2. The summed E-state index contributed by atoms with van der Waals surface area (Å²) in [5.74, 6) is -3.46. The molecule has 0 saturated carbocycles. The maximum absolute atomic E-state index is 13.9. The summed E-state index contributed by atoms with van der Waals surface area (Å²) in [7, 11) is 1.56. The lowest BCUT2D eigenvalue weighted by atomic mass is 9.48. The monoisotopic (exact) mass is 504 g/mol. The first kappa shape index (κ1) is 24.8. The van der Waals surface area contributed by atoms with Gasteiger partial charge in [-0.05, 0) is 54.7 Å². The number of methoxy groups -OCH3 is 1. The number of aromatic hydroxyl groups is 1. The van der Waals surface area contributed by atoms with Crippen LogP contribution >= 0.6 is 0 Å². The minimum Gasteiger partial charge on any atom is -0.511 e. The van der Waals surface area contributed by atoms with Gasteiger partial charge in [-0.3, -0.25) is 14.4 Å². The fourth-order valence-corrected chi connectivity index (χ4v) is 6.70. The average Bonchev–Trinajstić information content (AvgIpc) is 2.81. The molecule has 8 heteroatoms. The molecule has 3 atom stereocenters. The number of aliphatic hydroxyl groups is 3. The number of benzene rings is 2. The molecule has 0 aliphatic heterocycles. The molecule has 0 amide bonds. The largest absolute Gasteiger partial charge is 0.511 e. The summed E-state index contributed by atoms with van der Waals surface area (Å²) >= 11 is 0. The fourth-order valence-electron chi connectivity index (χ4n) is 6.70. The van der Waals surface area contributed by atoms with Crippen LogP contribution in [0.2, 0.25) is 0 Å². The van der Waals surface area contributed by atoms with Crippen molar-refractivity contribution >= 4 is 17.3 Å². The molecule has 0 unspecified atom stereocenters. The SMILES string of the molecule is COc1ccc(-c2ccc(O)c3c2C[C@]2(C)C[C@]4(C)CC(O)=C(C(C)=O)C(=O)[C@]4(O)C(O)=C2C3=O)cc1. The van der Waals surface area contributed by atoms with Crippen molar-refractivity contribution in [1.29, 1.82) is 0 Å². The van der Waals surface area contributed by atoms with Crippen LogP contribution < -0.4 is 4.74 Å². The van der Waals surface area contributed by atoms with E-state index in [9.17, 15) is 34.8 Å². The van der Waals surface area contributed by atoms with Crippen LogP contribution in [-0.4, -0.2) is 50.5 Å². The number of phenols is 1. The second-order valence-corrected chi connectivity index (χ2v) is 10.8. The third-order valence-corrected chi connectivity index (χ3v) is 8.30. The number of hydrogen-bond donors (Lipinski definition) is 4. The van der Waals surface area contributed by atoms with E-state index in [1.165, 1.54) is 6.07 Å². The maximum Gasteiger partial charge on any atom is 0.209 e. The van der Waals surface area contributed by atoms with Crippen LogP contribution in [0.1, 0.15) is 49.5 Å². The molecule has 0 spiro atoms. The van der Waals surface area contributed by atoms with Gasteiger partial charge in [-0.2, -0.15) is 0 Å². The Morgan fingerprint density at radius 1 is 0.973 bits per heavy atom. The third kappa shape index (κ3) is 3.15. The molecule has 0 saturated heterocycles. The number of carbonyl (C=O) groups excluding carboxylic acids is 3. The summed E-state index contributed by atoms with van der Waals surface area (Å²) in [4.78, 5) is 39.4. The lowest BCUT2D eigenvalue weighted by molar-refractivity contribution is -0.158. The molecule has 8 nitrogen and oxygen atoms in total. The number of ketones is 3. The van der Waals surface area contributed by atoms with E-state index in [-0.39, 0.29) is 36.1 Å². The second-order valence-electron chi connectivity index (χ2n) is 10.8. The molecule has 2 aromatic carbocycles. The molecule has 4 N–H and O–H groups in total. The van der Waals surface area contributed by atoms with Crippen molar-refractivity contribution in [2.24, 2.45) is 10.8 Å². The van der Waals surface area contributed by atoms with Crippen molar-refractivity contribution in [2.75, 3.05) is 7.11 Å². The van der Waals surface area contributed by atoms with E-state index in [0.29, 0.717) is 11.3 Å². The van der Waals surface area contributed by atoms with Gasteiger partial charge >= 0.3 is 0 Å². The Hall–Kier alpha value is -3.91. The molecule has 0 bridgehead atoms. The van der Waals surface area contributed by atoms with Crippen molar-refractivity contribution < 1.29 is 39.5 Å². The van der Waals surface area contributed by atoms with Crippen molar-refractivity contribution in [3.05, 3.63) is 70.2 Å². The molecule has 3 aliphatic carbocycles. The van der Waals surface area contributed by atoms with Crippen LogP contribution in [-0.2, 0) is 16.0 Å². The normalized spacial score (nSPS) is 29.0. The van der Waals surface area contributed by atoms with Crippen LogP contribution in [0.4, 0.5) is 0 Å². The van der Waals surface area contributed by atoms with Gasteiger partial charge in [-0.15, -0.1) is 0 Å². The molecule has 0 heterocycles. The van der Waals surface area contributed by atoms with E-state index in [4.69, 9.17) is 4.74 Å². The Morgan fingerprint density at radius 2 is 1.62 bits per heavy atom. The van der Waals surface area contributed by atoms with Crippen molar-refractivity contribution in [1.82, 2.24) is 0 Å². The Bertz CT molecular complexity index is 1460. The molecule has 5 rings (SSSR count). The Labute approximate surface area is 213 Å². The molecule has 37 heavy (non-hydrogen) atoms. The summed E-state index contributed by atoms with van der Waals surface area (Å²) in [6.07, 6.45) is 0.0381. The fraction of sp³-hybridized carbons (Fsp3) is 0.345. The maximum atomic E-state index is 13.9. The molecule has 3 aliphatic rings. The van der Waals surface area contributed by atoms with E-state index in [1.54, 1.807) is 39.2 Å². The van der Waals surface area contributed by atoms with E-state index < -0.39 is 50.9 Å². The second kappa shape index (κ2) is 7.79. The molecule has 2 aromatic rings. The summed E-state index contributed by atoms with van der Waals surface area (Å²) in [5, 5.41) is 44.5. The highest BCUT2D eigenvalue weighted by atomic mass is 16.5. The van der Waals surface area contributed by atoms with E-state index in [2.05, 4.69) is 0 Å². The van der Waals surface area contributed by atoms with Gasteiger partial charge in [0.25, 0.3) is 0 Å². The summed E-state index contributed by atoms with van der Waals surface area (Å²) < 4.78 is 5.24. The predicted octanol–water partition coefficient (Wildman–Crippen LogP) is 4.14. The predicted molar refractivity (Wildman–Crippen MR) is 134 cm³/mol. The van der Waals surface area contributed by atoms with Crippen LogP contribution in [0.15, 0.2) is 59.1 Å². The van der Waals surface area contributed by atoms with E-state index >= 15 is 0 Å². The Kier molecular flexibility index (Phi) is 5.22. The minimum atomic E-state index is -2.58. The number of Topliss-reactive ketones (excluding diaryl/α,β-unsaturated/α-hetero) is 3. The molecule has 0 aromatic heterocycles. The first-order valence-electron chi connectivity index (χ1n) is 12.0. The Balaban J connectivity index is 1.74. The van der Waals surface area contributed by atoms with E-state index in [0.717, 1.165) is 18.1 Å². The molecule has 0 radical (unpaired) electrons. The van der Waals surface area contributed by atoms with Gasteiger partial charge in [-0.1, -0.05) is 32.0 Å². The Morgan fingerprint density at radius 3 is 2.22 bits per heavy atom. The van der Waals surface area contributed by atoms with Gasteiger partial charge in [0, 0.05) is 22.8 Å². The van der Waals surface area contributed by atoms with Gasteiger partial charge in [0.1, 0.15) is 28.6 Å². The highest BCUT2D eigenvalue weighted by molar-refractivity contribution is 6.25. The molecule has 192 valence electrons. The zero-order chi connectivity index (χ0) is 27.1. The standard InChI is InChI=1S/C29H28O8/c1-14(30)21-20(32)12-28(3)13-27(2)11-18-17(15-5-7-16(37-4)8-6-15)9-10-19(31)22(18)24(33)23(27)26(35)29(28,36)25(21)34/h5-10,31-32,35-36H,11-13H2,1-4H3/t27-,28+,29+/m1/s1. The quantitative estimate of drug-likeness (QED) is 0.457. The van der Waals surface area contributed by atoms with Gasteiger partial charge in [0.2, 0.25) is 5.78 Å². The number of phenolic OH excluding ortho intramolecular Hbond substituents is 1. The highest BCUT2D eigenvalue weighted by Crippen LogP contribution is 2.62. The molecule has 0 fully saturated rings. The van der Waals surface area contributed by atoms with Crippen LogP contribution in [0.3, 0.4) is 0 Å². The minimum absolute atomic E-state index is 0.00650. The highest BCUT2D eigenvalue weighted by Gasteiger charge is 2.67. The summed E-state index contributed by atoms with van der Waals surface area (Å²) in [6, 6.07) is 10.4. The lowest BCUT2D eigenvalue weighted by Crippen LogP contribution is -2.63. The summed E-state index contributed by atoms with van der Waals surface area (Å²) in [6.45, 7) is 4.41. The van der Waals surface area contributed by atoms with Gasteiger partial charge < -0.3 is 25.2 Å². The number of hydrogen-bond acceptors (Lipinski definition) is 8. The number of rotatable bonds is 3. The first-order chi connectivity index (χ1) is 17.3. The number of ether oxygens (including phenoxy) is 1. The molecular weight excluding hydrogens is 476 g/mol. The van der Waals surface area contributed by atoms with Crippen molar-refractivity contribution in [3.63, 3.8) is 0 Å². The van der Waals surface area contributed by atoms with Gasteiger partial charge in [0.05, 0.1) is 12.7 Å².